The van der Waals surface area contributed by atoms with Crippen molar-refractivity contribution >= 4 is 11.9 Å². The maximum Gasteiger partial charge on any atom is 0.312 e. The van der Waals surface area contributed by atoms with Crippen molar-refractivity contribution in [2.24, 2.45) is 56.7 Å². The first kappa shape index (κ1) is 32.5. The fourth-order valence-corrected chi connectivity index (χ4v) is 13.4. The highest BCUT2D eigenvalue weighted by Crippen LogP contribution is 2.77. The summed E-state index contributed by atoms with van der Waals surface area (Å²) in [5, 5.41) is 0. The van der Waals surface area contributed by atoms with Crippen molar-refractivity contribution in [1.29, 1.82) is 0 Å². The van der Waals surface area contributed by atoms with Crippen LogP contribution in [0.15, 0.2) is 12.2 Å². The number of carbonyl (C=O) groups is 2. The molecule has 6 aliphatic rings. The van der Waals surface area contributed by atoms with E-state index in [0.717, 1.165) is 71.2 Å². The summed E-state index contributed by atoms with van der Waals surface area (Å²) in [4.78, 5) is 30.9. The fourth-order valence-electron chi connectivity index (χ4n) is 13.4. The molecule has 0 bridgehead atoms. The molecule has 1 heterocycles. The van der Waals surface area contributed by atoms with Crippen molar-refractivity contribution in [2.75, 3.05) is 46.9 Å². The van der Waals surface area contributed by atoms with E-state index in [0.29, 0.717) is 29.6 Å². The molecule has 6 heteroatoms. The van der Waals surface area contributed by atoms with Crippen LogP contribution in [0.4, 0.5) is 0 Å². The second-order valence-electron chi connectivity index (χ2n) is 17.7. The van der Waals surface area contributed by atoms with Gasteiger partial charge in [0.05, 0.1) is 12.5 Å². The van der Waals surface area contributed by atoms with Crippen LogP contribution < -0.4 is 0 Å². The SMILES string of the molecule is C=C(CN1CCN(C)CC1)[C@@H]1CC[C@]2(C(=O)OC)CC[C@]3(C)[C@H](CC[C@@H]4[C@@]5(C)CC[C@H](OC(C)=O)C(C)(C)[C@@H]5CC[C@]43C)[C@@H]12. The van der Waals surface area contributed by atoms with Crippen molar-refractivity contribution in [3.8, 4) is 0 Å². The Morgan fingerprint density at radius 1 is 0.818 bits per heavy atom. The molecule has 10 atom stereocenters. The van der Waals surface area contributed by atoms with Gasteiger partial charge in [-0.2, -0.15) is 0 Å². The molecule has 0 unspecified atom stereocenters. The maximum absolute atomic E-state index is 13.8. The maximum atomic E-state index is 13.8. The number of methoxy groups -OCH3 is 1. The molecule has 1 saturated heterocycles. The van der Waals surface area contributed by atoms with Crippen LogP contribution in [-0.4, -0.2) is 74.7 Å². The van der Waals surface area contributed by atoms with Gasteiger partial charge in [0, 0.05) is 45.1 Å². The smallest absolute Gasteiger partial charge is 0.312 e. The topological polar surface area (TPSA) is 59.1 Å². The highest BCUT2D eigenvalue weighted by Gasteiger charge is 2.72. The Kier molecular flexibility index (Phi) is 8.21. The molecule has 0 spiro atoms. The highest BCUT2D eigenvalue weighted by molar-refractivity contribution is 5.78. The van der Waals surface area contributed by atoms with Gasteiger partial charge in [0.15, 0.2) is 0 Å². The van der Waals surface area contributed by atoms with Gasteiger partial charge in [-0.1, -0.05) is 46.8 Å². The lowest BCUT2D eigenvalue weighted by atomic mass is 9.32. The van der Waals surface area contributed by atoms with Crippen molar-refractivity contribution in [3.63, 3.8) is 0 Å². The molecule has 248 valence electrons. The summed E-state index contributed by atoms with van der Waals surface area (Å²) in [7, 11) is 3.83. The zero-order valence-electron chi connectivity index (χ0n) is 29.3. The Balaban J connectivity index is 1.31. The fraction of sp³-hybridized carbons (Fsp3) is 0.895. The van der Waals surface area contributed by atoms with E-state index in [2.05, 4.69) is 51.5 Å². The predicted octanol–water partition coefficient (Wildman–Crippen LogP) is 6.98. The number of carbonyl (C=O) groups excluding carboxylic acids is 2. The van der Waals surface area contributed by atoms with E-state index < -0.39 is 0 Å². The lowest BCUT2D eigenvalue weighted by molar-refractivity contribution is -0.250. The molecule has 6 fully saturated rings. The standard InChI is InChI=1S/C38H62N2O4/c1-25(24-40-22-20-39(8)21-23-40)27-12-17-38(33(42)43-9)19-18-36(6)28(32(27)38)10-11-30-35(5)15-14-31(44-26(2)41)34(3,4)29(35)13-16-37(30,36)7/h27-32H,1,10-24H2,2-9H3/t27-,28+,29-,30+,31-,32+,35-,36+,37+,38-/m0/s1. The normalized spacial score (nSPS) is 47.0. The average molecular weight is 611 g/mol. The molecule has 44 heavy (non-hydrogen) atoms. The number of likely N-dealkylation sites (N-methyl/N-ethyl adjacent to an activating group) is 1. The molecule has 0 amide bonds. The Labute approximate surface area is 268 Å². The van der Waals surface area contributed by atoms with Crippen LogP contribution >= 0.6 is 0 Å². The van der Waals surface area contributed by atoms with Crippen LogP contribution in [0.3, 0.4) is 0 Å². The van der Waals surface area contributed by atoms with Crippen LogP contribution in [0.5, 0.6) is 0 Å². The van der Waals surface area contributed by atoms with Crippen molar-refractivity contribution in [2.45, 2.75) is 112 Å². The minimum Gasteiger partial charge on any atom is -0.469 e. The predicted molar refractivity (Wildman–Crippen MR) is 175 cm³/mol. The summed E-state index contributed by atoms with van der Waals surface area (Å²) in [5.74, 6) is 2.33. The van der Waals surface area contributed by atoms with Crippen molar-refractivity contribution in [1.82, 2.24) is 9.80 Å². The molecule has 0 aromatic carbocycles. The van der Waals surface area contributed by atoms with Gasteiger partial charge in [-0.3, -0.25) is 14.5 Å². The van der Waals surface area contributed by atoms with Crippen LogP contribution in [0.1, 0.15) is 106 Å². The lowest BCUT2D eigenvalue weighted by Gasteiger charge is -2.72. The van der Waals surface area contributed by atoms with E-state index >= 15 is 0 Å². The van der Waals surface area contributed by atoms with E-state index in [9.17, 15) is 9.59 Å². The Bertz CT molecular complexity index is 1160. The second kappa shape index (κ2) is 11.1. The molecule has 0 aromatic heterocycles. The number of fused-ring (bicyclic) bond motifs is 7. The second-order valence-corrected chi connectivity index (χ2v) is 17.7. The number of hydrogen-bond acceptors (Lipinski definition) is 6. The summed E-state index contributed by atoms with van der Waals surface area (Å²) in [6.45, 7) is 24.4. The number of hydrogen-bond donors (Lipinski definition) is 0. The zero-order chi connectivity index (χ0) is 31.9. The number of esters is 2. The van der Waals surface area contributed by atoms with E-state index in [1.54, 1.807) is 14.0 Å². The van der Waals surface area contributed by atoms with Gasteiger partial charge in [-0.15, -0.1) is 0 Å². The number of nitrogens with zero attached hydrogens (tertiary/aromatic N) is 2. The third-order valence-electron chi connectivity index (χ3n) is 15.8. The molecule has 6 rings (SSSR count). The Hall–Kier alpha value is -1.40. The lowest BCUT2D eigenvalue weighted by Crippen LogP contribution is -2.67. The number of rotatable bonds is 5. The minimum atomic E-state index is -0.358. The Morgan fingerprint density at radius 2 is 1.52 bits per heavy atom. The monoisotopic (exact) mass is 610 g/mol. The number of piperazine rings is 1. The van der Waals surface area contributed by atoms with Crippen molar-refractivity contribution < 1.29 is 19.1 Å². The average Bonchev–Trinajstić information content (AvgIpc) is 3.37. The molecule has 5 saturated carbocycles. The van der Waals surface area contributed by atoms with Crippen molar-refractivity contribution in [3.05, 3.63) is 12.2 Å². The highest BCUT2D eigenvalue weighted by atomic mass is 16.5. The van der Waals surface area contributed by atoms with Crippen LogP contribution in [-0.2, 0) is 19.1 Å². The van der Waals surface area contributed by atoms with E-state index in [1.807, 2.05) is 0 Å². The van der Waals surface area contributed by atoms with Crippen LogP contribution in [0, 0.1) is 56.7 Å². The molecule has 1 aliphatic heterocycles. The summed E-state index contributed by atoms with van der Waals surface area (Å²) in [6.07, 6.45) is 11.1. The van der Waals surface area contributed by atoms with Gasteiger partial charge < -0.3 is 14.4 Å². The molecule has 0 radical (unpaired) electrons. The quantitative estimate of drug-likeness (QED) is 0.247. The third-order valence-corrected chi connectivity index (χ3v) is 15.8. The Morgan fingerprint density at radius 3 is 2.18 bits per heavy atom. The molecule has 5 aliphatic carbocycles. The number of ether oxygens (including phenoxy) is 2. The molecular weight excluding hydrogens is 548 g/mol. The van der Waals surface area contributed by atoms with Gasteiger partial charge in [0.2, 0.25) is 0 Å². The zero-order valence-corrected chi connectivity index (χ0v) is 29.3. The molecule has 0 N–H and O–H groups in total. The van der Waals surface area contributed by atoms with Gasteiger partial charge >= 0.3 is 11.9 Å². The summed E-state index contributed by atoms with van der Waals surface area (Å²) in [6, 6.07) is 0. The summed E-state index contributed by atoms with van der Waals surface area (Å²) in [5.41, 5.74) is 1.62. The summed E-state index contributed by atoms with van der Waals surface area (Å²) >= 11 is 0. The van der Waals surface area contributed by atoms with E-state index in [-0.39, 0.29) is 45.1 Å². The van der Waals surface area contributed by atoms with Gasteiger partial charge in [-0.05, 0) is 117 Å². The van der Waals surface area contributed by atoms with Crippen LogP contribution in [0.2, 0.25) is 0 Å². The van der Waals surface area contributed by atoms with Gasteiger partial charge in [-0.25, -0.2) is 0 Å². The van der Waals surface area contributed by atoms with E-state index in [4.69, 9.17) is 16.1 Å². The van der Waals surface area contributed by atoms with Crippen LogP contribution in [0.25, 0.3) is 0 Å². The summed E-state index contributed by atoms with van der Waals surface area (Å²) < 4.78 is 11.6. The molecule has 6 nitrogen and oxygen atoms in total. The minimum absolute atomic E-state index is 0.00951. The first-order valence-corrected chi connectivity index (χ1v) is 18.0. The largest absolute Gasteiger partial charge is 0.469 e. The van der Waals surface area contributed by atoms with Gasteiger partial charge in [0.25, 0.3) is 0 Å². The van der Waals surface area contributed by atoms with Gasteiger partial charge in [0.1, 0.15) is 6.10 Å². The first-order chi connectivity index (χ1) is 20.6. The van der Waals surface area contributed by atoms with E-state index in [1.165, 1.54) is 31.3 Å². The molecular formula is C38H62N2O4. The molecule has 0 aromatic rings. The first-order valence-electron chi connectivity index (χ1n) is 18.0. The third kappa shape index (κ3) is 4.60.